The maximum atomic E-state index is 11.8. The number of amides is 2. The summed E-state index contributed by atoms with van der Waals surface area (Å²) in [7, 11) is 0. The first-order valence-electron chi connectivity index (χ1n) is 7.35. The van der Waals surface area contributed by atoms with Crippen LogP contribution >= 0.6 is 0 Å². The molecule has 0 aromatic carbocycles. The van der Waals surface area contributed by atoms with Crippen molar-refractivity contribution in [2.75, 3.05) is 19.7 Å². The molecule has 1 rings (SSSR count). The highest BCUT2D eigenvalue weighted by Crippen LogP contribution is 2.13. The van der Waals surface area contributed by atoms with Crippen molar-refractivity contribution >= 4 is 18.0 Å². The SMILES string of the molecule is CCOC(=O)N1CCC(NC(=O)CC(C)CC(=O)O)CC1. The second-order valence-electron chi connectivity index (χ2n) is 5.43. The van der Waals surface area contributed by atoms with Crippen LogP contribution in [0.3, 0.4) is 0 Å². The van der Waals surface area contributed by atoms with Crippen molar-refractivity contribution in [3.05, 3.63) is 0 Å². The molecule has 0 saturated carbocycles. The van der Waals surface area contributed by atoms with Crippen molar-refractivity contribution in [2.24, 2.45) is 5.92 Å². The van der Waals surface area contributed by atoms with Crippen molar-refractivity contribution in [3.63, 3.8) is 0 Å². The van der Waals surface area contributed by atoms with E-state index in [2.05, 4.69) is 5.32 Å². The average molecular weight is 300 g/mol. The number of carboxylic acids is 1. The zero-order chi connectivity index (χ0) is 15.8. The van der Waals surface area contributed by atoms with Crippen LogP contribution in [0, 0.1) is 5.92 Å². The van der Waals surface area contributed by atoms with Gasteiger partial charge in [-0.05, 0) is 25.7 Å². The molecule has 7 nitrogen and oxygen atoms in total. The Hall–Kier alpha value is -1.79. The molecule has 1 saturated heterocycles. The van der Waals surface area contributed by atoms with Gasteiger partial charge in [0.25, 0.3) is 0 Å². The molecule has 21 heavy (non-hydrogen) atoms. The minimum absolute atomic E-state index is 0.00524. The smallest absolute Gasteiger partial charge is 0.409 e. The lowest BCUT2D eigenvalue weighted by atomic mass is 10.0. The van der Waals surface area contributed by atoms with Crippen LogP contribution in [0.2, 0.25) is 0 Å². The van der Waals surface area contributed by atoms with Gasteiger partial charge in [-0.2, -0.15) is 0 Å². The number of carbonyl (C=O) groups is 3. The molecule has 1 fully saturated rings. The number of hydrogen-bond acceptors (Lipinski definition) is 4. The van der Waals surface area contributed by atoms with Gasteiger partial charge in [0.15, 0.2) is 0 Å². The molecule has 0 aliphatic carbocycles. The van der Waals surface area contributed by atoms with Crippen LogP contribution in [-0.2, 0) is 14.3 Å². The van der Waals surface area contributed by atoms with Crippen LogP contribution < -0.4 is 5.32 Å². The van der Waals surface area contributed by atoms with E-state index in [0.29, 0.717) is 32.5 Å². The molecule has 0 aromatic rings. The molecule has 0 bridgehead atoms. The summed E-state index contributed by atoms with van der Waals surface area (Å²) in [5.41, 5.74) is 0. The van der Waals surface area contributed by atoms with E-state index in [0.717, 1.165) is 0 Å². The van der Waals surface area contributed by atoms with Gasteiger partial charge in [-0.25, -0.2) is 4.79 Å². The molecule has 2 N–H and O–H groups in total. The molecule has 1 heterocycles. The summed E-state index contributed by atoms with van der Waals surface area (Å²) in [6.07, 6.45) is 1.28. The molecule has 1 unspecified atom stereocenters. The van der Waals surface area contributed by atoms with Gasteiger partial charge in [0.2, 0.25) is 5.91 Å². The van der Waals surface area contributed by atoms with Gasteiger partial charge in [-0.15, -0.1) is 0 Å². The van der Waals surface area contributed by atoms with E-state index in [1.165, 1.54) is 0 Å². The number of hydrogen-bond donors (Lipinski definition) is 2. The van der Waals surface area contributed by atoms with E-state index in [9.17, 15) is 14.4 Å². The zero-order valence-corrected chi connectivity index (χ0v) is 12.6. The number of rotatable bonds is 6. The van der Waals surface area contributed by atoms with Gasteiger partial charge in [0, 0.05) is 32.0 Å². The lowest BCUT2D eigenvalue weighted by molar-refractivity contribution is -0.138. The topological polar surface area (TPSA) is 95.9 Å². The largest absolute Gasteiger partial charge is 0.481 e. The number of carboxylic acid groups (broad SMARTS) is 1. The molecule has 7 heteroatoms. The Morgan fingerprint density at radius 1 is 1.29 bits per heavy atom. The highest BCUT2D eigenvalue weighted by molar-refractivity contribution is 5.77. The van der Waals surface area contributed by atoms with E-state index in [1.54, 1.807) is 18.7 Å². The third kappa shape index (κ3) is 6.46. The zero-order valence-electron chi connectivity index (χ0n) is 12.6. The van der Waals surface area contributed by atoms with Crippen LogP contribution in [0.1, 0.15) is 39.5 Å². The molecule has 0 radical (unpaired) electrons. The lowest BCUT2D eigenvalue weighted by Crippen LogP contribution is -2.46. The summed E-state index contributed by atoms with van der Waals surface area (Å²) in [5, 5.41) is 11.6. The summed E-state index contributed by atoms with van der Waals surface area (Å²) in [6.45, 7) is 5.00. The molecular formula is C14H24N2O5. The second-order valence-corrected chi connectivity index (χ2v) is 5.43. The Bertz CT molecular complexity index is 378. The first kappa shape index (κ1) is 17.3. The Balaban J connectivity index is 2.27. The Morgan fingerprint density at radius 2 is 1.90 bits per heavy atom. The van der Waals surface area contributed by atoms with Crippen LogP contribution in [0.4, 0.5) is 4.79 Å². The van der Waals surface area contributed by atoms with Gasteiger partial charge in [0.05, 0.1) is 6.61 Å². The third-order valence-corrected chi connectivity index (χ3v) is 3.44. The van der Waals surface area contributed by atoms with Crippen molar-refractivity contribution < 1.29 is 24.2 Å². The number of likely N-dealkylation sites (tertiary alicyclic amines) is 1. The van der Waals surface area contributed by atoms with Gasteiger partial charge in [-0.3, -0.25) is 9.59 Å². The van der Waals surface area contributed by atoms with E-state index in [-0.39, 0.29) is 36.8 Å². The van der Waals surface area contributed by atoms with Gasteiger partial charge in [-0.1, -0.05) is 6.92 Å². The fraction of sp³-hybridized carbons (Fsp3) is 0.786. The molecule has 1 atom stereocenters. The highest BCUT2D eigenvalue weighted by Gasteiger charge is 2.25. The molecule has 1 aliphatic heterocycles. The Labute approximate surface area is 124 Å². The monoisotopic (exact) mass is 300 g/mol. The first-order valence-corrected chi connectivity index (χ1v) is 7.35. The van der Waals surface area contributed by atoms with Crippen molar-refractivity contribution in [1.29, 1.82) is 0 Å². The van der Waals surface area contributed by atoms with Gasteiger partial charge < -0.3 is 20.1 Å². The fourth-order valence-corrected chi connectivity index (χ4v) is 2.39. The molecule has 0 spiro atoms. The lowest BCUT2D eigenvalue weighted by Gasteiger charge is -2.31. The minimum Gasteiger partial charge on any atom is -0.481 e. The maximum Gasteiger partial charge on any atom is 0.409 e. The Kier molecular flexibility index (Phi) is 6.98. The summed E-state index contributed by atoms with van der Waals surface area (Å²) in [5.74, 6) is -1.20. The molecule has 1 aliphatic rings. The normalized spacial score (nSPS) is 17.1. The average Bonchev–Trinajstić information content (AvgIpc) is 2.38. The number of nitrogens with zero attached hydrogens (tertiary/aromatic N) is 1. The third-order valence-electron chi connectivity index (χ3n) is 3.44. The number of aliphatic carboxylic acids is 1. The van der Waals surface area contributed by atoms with Crippen molar-refractivity contribution in [2.45, 2.75) is 45.6 Å². The van der Waals surface area contributed by atoms with Crippen LogP contribution in [0.25, 0.3) is 0 Å². The standard InChI is InChI=1S/C14H24N2O5/c1-3-21-14(20)16-6-4-11(5-7-16)15-12(17)8-10(2)9-13(18)19/h10-11H,3-9H2,1-2H3,(H,15,17)(H,18,19). The van der Waals surface area contributed by atoms with E-state index >= 15 is 0 Å². The highest BCUT2D eigenvalue weighted by atomic mass is 16.6. The predicted octanol–water partition coefficient (Wildman–Crippen LogP) is 1.22. The Morgan fingerprint density at radius 3 is 2.43 bits per heavy atom. The molecule has 0 aromatic heterocycles. The summed E-state index contributed by atoms with van der Waals surface area (Å²) >= 11 is 0. The number of carbonyl (C=O) groups excluding carboxylic acids is 2. The number of ether oxygens (including phenoxy) is 1. The van der Waals surface area contributed by atoms with Gasteiger partial charge >= 0.3 is 12.1 Å². The quantitative estimate of drug-likeness (QED) is 0.769. The molecule has 120 valence electrons. The summed E-state index contributed by atoms with van der Waals surface area (Å²) in [4.78, 5) is 35.5. The fourth-order valence-electron chi connectivity index (χ4n) is 2.39. The second kappa shape index (κ2) is 8.49. The predicted molar refractivity (Wildman–Crippen MR) is 75.8 cm³/mol. The van der Waals surface area contributed by atoms with Crippen LogP contribution in [-0.4, -0.2) is 53.7 Å². The van der Waals surface area contributed by atoms with Crippen molar-refractivity contribution in [1.82, 2.24) is 10.2 Å². The van der Waals surface area contributed by atoms with Gasteiger partial charge in [0.1, 0.15) is 0 Å². The number of piperidine rings is 1. The minimum atomic E-state index is -0.891. The number of nitrogens with one attached hydrogen (secondary N) is 1. The molecule has 2 amide bonds. The maximum absolute atomic E-state index is 11.8. The summed E-state index contributed by atoms with van der Waals surface area (Å²) in [6, 6.07) is 0.0419. The summed E-state index contributed by atoms with van der Waals surface area (Å²) < 4.78 is 4.93. The van der Waals surface area contributed by atoms with E-state index < -0.39 is 5.97 Å². The van der Waals surface area contributed by atoms with E-state index in [1.807, 2.05) is 0 Å². The van der Waals surface area contributed by atoms with E-state index in [4.69, 9.17) is 9.84 Å². The first-order chi connectivity index (χ1) is 9.92. The van der Waals surface area contributed by atoms with Crippen molar-refractivity contribution in [3.8, 4) is 0 Å². The molecular weight excluding hydrogens is 276 g/mol. The van der Waals surface area contributed by atoms with Crippen LogP contribution in [0.15, 0.2) is 0 Å². The van der Waals surface area contributed by atoms with Crippen LogP contribution in [0.5, 0.6) is 0 Å².